The van der Waals surface area contributed by atoms with E-state index in [0.29, 0.717) is 16.9 Å². The second kappa shape index (κ2) is 6.87. The Morgan fingerprint density at radius 3 is 2.35 bits per heavy atom. The topological polar surface area (TPSA) is 78.3 Å². The Bertz CT molecular complexity index is 753. The van der Waals surface area contributed by atoms with Crippen molar-refractivity contribution in [2.24, 2.45) is 0 Å². The summed E-state index contributed by atoms with van der Waals surface area (Å²) in [5.74, 6) is -4.99. The van der Waals surface area contributed by atoms with Gasteiger partial charge in [0.25, 0.3) is 0 Å². The zero-order chi connectivity index (χ0) is 17.0. The number of nitrogen functional groups attached to an aromatic ring is 2. The standard InChI is InChI=1S/C16H13F3N2O2/c17-12-5-9(6-13(18)16(12)19)1-4-15(22)23-8-10-2-3-11(20)7-14(10)21/h1-7H,8,20-21H2. The van der Waals surface area contributed by atoms with Gasteiger partial charge in [0.05, 0.1) is 0 Å². The molecule has 2 aromatic rings. The van der Waals surface area contributed by atoms with Gasteiger partial charge in [0.1, 0.15) is 6.61 Å². The third kappa shape index (κ3) is 4.26. The first-order chi connectivity index (χ1) is 10.9. The molecule has 2 rings (SSSR count). The van der Waals surface area contributed by atoms with Gasteiger partial charge >= 0.3 is 5.97 Å². The number of anilines is 2. The highest BCUT2D eigenvalue weighted by Gasteiger charge is 2.09. The fraction of sp³-hybridized carbons (Fsp3) is 0.0625. The first kappa shape index (κ1) is 16.4. The van der Waals surface area contributed by atoms with Crippen LogP contribution in [-0.2, 0) is 16.1 Å². The van der Waals surface area contributed by atoms with Gasteiger partial charge in [-0.05, 0) is 35.9 Å². The van der Waals surface area contributed by atoms with E-state index in [0.717, 1.165) is 24.3 Å². The smallest absolute Gasteiger partial charge is 0.331 e. The van der Waals surface area contributed by atoms with Gasteiger partial charge in [-0.3, -0.25) is 0 Å². The Balaban J connectivity index is 1.99. The average Bonchev–Trinajstić information content (AvgIpc) is 2.49. The molecule has 2 aromatic carbocycles. The van der Waals surface area contributed by atoms with Crippen molar-refractivity contribution in [2.45, 2.75) is 6.61 Å². The van der Waals surface area contributed by atoms with E-state index in [1.165, 1.54) is 6.07 Å². The molecule has 0 heterocycles. The average molecular weight is 322 g/mol. The van der Waals surface area contributed by atoms with Gasteiger partial charge in [0.2, 0.25) is 0 Å². The van der Waals surface area contributed by atoms with Gasteiger partial charge in [0.15, 0.2) is 17.5 Å². The number of benzene rings is 2. The van der Waals surface area contributed by atoms with Crippen LogP contribution in [0.2, 0.25) is 0 Å². The van der Waals surface area contributed by atoms with Gasteiger partial charge in [-0.15, -0.1) is 0 Å². The maximum absolute atomic E-state index is 13.0. The molecule has 23 heavy (non-hydrogen) atoms. The fourth-order valence-corrected chi connectivity index (χ4v) is 1.78. The van der Waals surface area contributed by atoms with E-state index < -0.39 is 23.4 Å². The summed E-state index contributed by atoms with van der Waals surface area (Å²) >= 11 is 0. The van der Waals surface area contributed by atoms with Crippen LogP contribution in [0.15, 0.2) is 36.4 Å². The lowest BCUT2D eigenvalue weighted by molar-refractivity contribution is -0.138. The van der Waals surface area contributed by atoms with Crippen LogP contribution < -0.4 is 11.5 Å². The van der Waals surface area contributed by atoms with Gasteiger partial charge in [-0.2, -0.15) is 0 Å². The highest BCUT2D eigenvalue weighted by molar-refractivity contribution is 5.87. The molecule has 0 aliphatic rings. The summed E-state index contributed by atoms with van der Waals surface area (Å²) in [7, 11) is 0. The molecule has 0 spiro atoms. The predicted molar refractivity (Wildman–Crippen MR) is 80.4 cm³/mol. The Kier molecular flexibility index (Phi) is 4.90. The van der Waals surface area contributed by atoms with Crippen LogP contribution in [0.4, 0.5) is 24.5 Å². The van der Waals surface area contributed by atoms with Crippen LogP contribution in [0.1, 0.15) is 11.1 Å². The fourth-order valence-electron chi connectivity index (χ4n) is 1.78. The SMILES string of the molecule is Nc1ccc(COC(=O)C=Cc2cc(F)c(F)c(F)c2)c(N)c1. The number of carbonyl (C=O) groups excluding carboxylic acids is 1. The molecular weight excluding hydrogens is 309 g/mol. The Morgan fingerprint density at radius 1 is 1.09 bits per heavy atom. The summed E-state index contributed by atoms with van der Waals surface area (Å²) in [5.41, 5.74) is 12.7. The minimum absolute atomic E-state index is 0.00894. The van der Waals surface area contributed by atoms with Crippen molar-refractivity contribution in [3.8, 4) is 0 Å². The molecule has 0 amide bonds. The maximum Gasteiger partial charge on any atom is 0.331 e. The van der Waals surface area contributed by atoms with E-state index in [9.17, 15) is 18.0 Å². The summed E-state index contributed by atoms with van der Waals surface area (Å²) < 4.78 is 43.8. The van der Waals surface area contributed by atoms with Crippen molar-refractivity contribution < 1.29 is 22.7 Å². The third-order valence-electron chi connectivity index (χ3n) is 2.96. The summed E-state index contributed by atoms with van der Waals surface area (Å²) in [4.78, 5) is 11.6. The minimum atomic E-state index is -1.57. The Hall–Kier alpha value is -2.96. The predicted octanol–water partition coefficient (Wildman–Crippen LogP) is 3.02. The van der Waals surface area contributed by atoms with Crippen LogP contribution in [0.5, 0.6) is 0 Å². The molecule has 120 valence electrons. The molecule has 7 heteroatoms. The Morgan fingerprint density at radius 2 is 1.74 bits per heavy atom. The molecular formula is C16H13F3N2O2. The lowest BCUT2D eigenvalue weighted by Gasteiger charge is -2.06. The number of esters is 1. The molecule has 0 bridgehead atoms. The summed E-state index contributed by atoms with van der Waals surface area (Å²) in [6.45, 7) is -0.0819. The lowest BCUT2D eigenvalue weighted by atomic mass is 10.2. The van der Waals surface area contributed by atoms with Crippen LogP contribution in [-0.4, -0.2) is 5.97 Å². The van der Waals surface area contributed by atoms with E-state index in [2.05, 4.69) is 0 Å². The third-order valence-corrected chi connectivity index (χ3v) is 2.96. The van der Waals surface area contributed by atoms with Crippen molar-refractivity contribution in [3.63, 3.8) is 0 Å². The number of rotatable bonds is 4. The number of ether oxygens (including phenoxy) is 1. The van der Waals surface area contributed by atoms with E-state index >= 15 is 0 Å². The van der Waals surface area contributed by atoms with E-state index in [4.69, 9.17) is 16.2 Å². The van der Waals surface area contributed by atoms with Crippen molar-refractivity contribution in [3.05, 3.63) is 65.0 Å². The van der Waals surface area contributed by atoms with Crippen molar-refractivity contribution >= 4 is 23.4 Å². The van der Waals surface area contributed by atoms with E-state index in [1.807, 2.05) is 0 Å². The molecule has 0 aliphatic carbocycles. The molecule has 0 unspecified atom stereocenters. The zero-order valence-electron chi connectivity index (χ0n) is 11.9. The van der Waals surface area contributed by atoms with Gasteiger partial charge in [-0.25, -0.2) is 18.0 Å². The highest BCUT2D eigenvalue weighted by atomic mass is 19.2. The number of hydrogen-bond acceptors (Lipinski definition) is 4. The second-order valence-electron chi connectivity index (χ2n) is 4.70. The monoisotopic (exact) mass is 322 g/mol. The second-order valence-corrected chi connectivity index (χ2v) is 4.70. The molecule has 0 radical (unpaired) electrons. The molecule has 0 saturated carbocycles. The zero-order valence-corrected chi connectivity index (χ0v) is 11.9. The van der Waals surface area contributed by atoms with Gasteiger partial charge < -0.3 is 16.2 Å². The summed E-state index contributed by atoms with van der Waals surface area (Å²) in [6.07, 6.45) is 2.08. The summed E-state index contributed by atoms with van der Waals surface area (Å²) in [6, 6.07) is 6.29. The highest BCUT2D eigenvalue weighted by Crippen LogP contribution is 2.17. The minimum Gasteiger partial charge on any atom is -0.458 e. The number of halogens is 3. The first-order valence-electron chi connectivity index (χ1n) is 6.50. The first-order valence-corrected chi connectivity index (χ1v) is 6.50. The molecule has 4 N–H and O–H groups in total. The largest absolute Gasteiger partial charge is 0.458 e. The van der Waals surface area contributed by atoms with Crippen LogP contribution >= 0.6 is 0 Å². The Labute approximate surface area is 130 Å². The molecule has 4 nitrogen and oxygen atoms in total. The van der Waals surface area contributed by atoms with Crippen molar-refractivity contribution in [1.82, 2.24) is 0 Å². The molecule has 0 atom stereocenters. The normalized spacial score (nSPS) is 10.9. The van der Waals surface area contributed by atoms with Crippen molar-refractivity contribution in [2.75, 3.05) is 11.5 Å². The molecule has 0 fully saturated rings. The van der Waals surface area contributed by atoms with Crippen LogP contribution in [0.25, 0.3) is 6.08 Å². The molecule has 0 saturated heterocycles. The van der Waals surface area contributed by atoms with E-state index in [-0.39, 0.29) is 12.2 Å². The quantitative estimate of drug-likeness (QED) is 0.392. The van der Waals surface area contributed by atoms with Crippen molar-refractivity contribution in [1.29, 1.82) is 0 Å². The van der Waals surface area contributed by atoms with Crippen LogP contribution in [0.3, 0.4) is 0 Å². The van der Waals surface area contributed by atoms with Crippen LogP contribution in [0, 0.1) is 17.5 Å². The number of hydrogen-bond donors (Lipinski definition) is 2. The maximum atomic E-state index is 13.0. The van der Waals surface area contributed by atoms with Gasteiger partial charge in [-0.1, -0.05) is 6.07 Å². The molecule has 0 aliphatic heterocycles. The van der Waals surface area contributed by atoms with Gasteiger partial charge in [0, 0.05) is 23.0 Å². The van der Waals surface area contributed by atoms with E-state index in [1.54, 1.807) is 12.1 Å². The summed E-state index contributed by atoms with van der Waals surface area (Å²) in [5, 5.41) is 0. The molecule has 0 aromatic heterocycles. The number of nitrogens with two attached hydrogens (primary N) is 2. The lowest BCUT2D eigenvalue weighted by Crippen LogP contribution is -2.03. The number of carbonyl (C=O) groups is 1.